The second kappa shape index (κ2) is 20.8. The first-order chi connectivity index (χ1) is 27.5. The van der Waals surface area contributed by atoms with Crippen LogP contribution in [0.5, 0.6) is 0 Å². The van der Waals surface area contributed by atoms with Gasteiger partial charge in [0.25, 0.3) is 0 Å². The Bertz CT molecular complexity index is 1370. The molecule has 344 valence electrons. The summed E-state index contributed by atoms with van der Waals surface area (Å²) in [6, 6.07) is -0.271. The molecular weight excluding hydrogens is 766 g/mol. The lowest BCUT2D eigenvalue weighted by Crippen LogP contribution is -2.61. The number of hydrogen-bond donors (Lipinski definition) is 5. The zero-order chi connectivity index (χ0) is 44.2. The number of piperidine rings is 1. The number of carbonyl (C=O) groups excluding carboxylic acids is 1. The fraction of sp³-hybridized carbons (Fsp3) is 0.953. The van der Waals surface area contributed by atoms with Crippen molar-refractivity contribution in [1.82, 2.24) is 10.2 Å². The maximum atomic E-state index is 14.5. The Kier molecular flexibility index (Phi) is 17.6. The third-order valence-corrected chi connectivity index (χ3v) is 13.9. The summed E-state index contributed by atoms with van der Waals surface area (Å²) in [6.07, 6.45) is -6.61. The molecule has 5 N–H and O–H groups in total. The molecule has 0 aromatic heterocycles. The summed E-state index contributed by atoms with van der Waals surface area (Å²) in [6.45, 7) is 19.5. The van der Waals surface area contributed by atoms with Gasteiger partial charge in [-0.25, -0.2) is 0 Å². The van der Waals surface area contributed by atoms with Crippen LogP contribution in [0.15, 0.2) is 5.16 Å². The summed E-state index contributed by atoms with van der Waals surface area (Å²) >= 11 is 0. The maximum Gasteiger partial charge on any atom is 0.311 e. The molecule has 0 spiro atoms. The van der Waals surface area contributed by atoms with Gasteiger partial charge >= 0.3 is 5.97 Å². The van der Waals surface area contributed by atoms with E-state index in [1.54, 1.807) is 41.7 Å². The third kappa shape index (κ3) is 11.4. The van der Waals surface area contributed by atoms with Crippen molar-refractivity contribution >= 4 is 11.7 Å². The molecule has 0 bridgehead atoms. The molecule has 4 aliphatic rings. The van der Waals surface area contributed by atoms with Crippen molar-refractivity contribution in [3.05, 3.63) is 0 Å². The number of methoxy groups -OCH3 is 2. The second-order valence-corrected chi connectivity index (χ2v) is 18.8. The number of carbonyl (C=O) groups is 1. The van der Waals surface area contributed by atoms with E-state index in [2.05, 4.69) is 5.32 Å². The molecule has 0 aliphatic carbocycles. The van der Waals surface area contributed by atoms with Gasteiger partial charge in [-0.1, -0.05) is 32.9 Å². The molecule has 0 saturated carbocycles. The highest BCUT2D eigenvalue weighted by atomic mass is 16.7. The molecule has 4 aliphatic heterocycles. The largest absolute Gasteiger partial charge is 0.459 e. The Balaban J connectivity index is 1.90. The first kappa shape index (κ1) is 50.1. The summed E-state index contributed by atoms with van der Waals surface area (Å²) in [4.78, 5) is 22.6. The predicted molar refractivity (Wildman–Crippen MR) is 220 cm³/mol. The summed E-state index contributed by atoms with van der Waals surface area (Å²) in [7, 11) is 6.92. The van der Waals surface area contributed by atoms with E-state index in [1.165, 1.54) is 14.0 Å². The van der Waals surface area contributed by atoms with Crippen LogP contribution >= 0.6 is 0 Å². The molecule has 0 amide bonds. The van der Waals surface area contributed by atoms with Crippen LogP contribution in [-0.2, 0) is 42.8 Å². The summed E-state index contributed by atoms with van der Waals surface area (Å²) in [5, 5.41) is 55.0. The highest BCUT2D eigenvalue weighted by Crippen LogP contribution is 2.42. The first-order valence-electron chi connectivity index (χ1n) is 21.8. The van der Waals surface area contributed by atoms with Gasteiger partial charge in [0.2, 0.25) is 0 Å². The van der Waals surface area contributed by atoms with Crippen molar-refractivity contribution in [3.8, 4) is 0 Å². The van der Waals surface area contributed by atoms with E-state index in [-0.39, 0.29) is 37.5 Å². The van der Waals surface area contributed by atoms with Gasteiger partial charge in [0.15, 0.2) is 12.6 Å². The molecule has 0 aromatic carbocycles. The Hall–Kier alpha value is -1.54. The van der Waals surface area contributed by atoms with E-state index in [0.29, 0.717) is 18.7 Å². The SMILES string of the molecule is CC[C@H]1OC(=O)[C@H](C)[C@@H](OC2C[C@@](C)(OC)[C@@H](O)[C@H](C)O2)[C@H](C)[C@@H](O[C@@H]2O[C@H](C)C[C@H](N(C)C)[C@H]2O)[C@](C)(OC)C[C@@H](C)/C(=N\OC2CCCNC2)[C@H](C)[C@@H](O)[C@]1(C)O. The molecule has 0 aromatic rings. The van der Waals surface area contributed by atoms with E-state index < -0.39 is 102 Å². The number of esters is 1. The third-order valence-electron chi connectivity index (χ3n) is 13.9. The smallest absolute Gasteiger partial charge is 0.311 e. The molecule has 16 nitrogen and oxygen atoms in total. The average molecular weight is 846 g/mol. The number of hydrogen-bond acceptors (Lipinski definition) is 16. The maximum absolute atomic E-state index is 14.5. The Labute approximate surface area is 352 Å². The summed E-state index contributed by atoms with van der Waals surface area (Å²) in [5.74, 6) is -3.52. The number of cyclic esters (lactones) is 1. The van der Waals surface area contributed by atoms with Gasteiger partial charge in [-0.2, -0.15) is 0 Å². The van der Waals surface area contributed by atoms with Crippen molar-refractivity contribution < 1.29 is 63.2 Å². The fourth-order valence-corrected chi connectivity index (χ4v) is 9.81. The number of aliphatic hydroxyl groups is 4. The lowest BCUT2D eigenvalue weighted by Gasteiger charge is -2.50. The van der Waals surface area contributed by atoms with Crippen LogP contribution in [0.2, 0.25) is 0 Å². The lowest BCUT2D eigenvalue weighted by molar-refractivity contribution is -0.319. The quantitative estimate of drug-likeness (QED) is 0.159. The predicted octanol–water partition coefficient (Wildman–Crippen LogP) is 3.00. The van der Waals surface area contributed by atoms with Crippen molar-refractivity contribution in [3.63, 3.8) is 0 Å². The van der Waals surface area contributed by atoms with E-state index in [1.807, 2.05) is 46.7 Å². The highest BCUT2D eigenvalue weighted by molar-refractivity contribution is 5.88. The number of likely N-dealkylation sites (N-methyl/N-ethyl adjacent to an activating group) is 1. The number of nitrogens with one attached hydrogen (secondary N) is 1. The van der Waals surface area contributed by atoms with Crippen LogP contribution in [0.4, 0.5) is 0 Å². The van der Waals surface area contributed by atoms with Crippen LogP contribution in [0.1, 0.15) is 108 Å². The van der Waals surface area contributed by atoms with Crippen LogP contribution in [0.25, 0.3) is 0 Å². The topological polar surface area (TPSA) is 199 Å². The van der Waals surface area contributed by atoms with E-state index in [0.717, 1.165) is 19.4 Å². The van der Waals surface area contributed by atoms with Gasteiger partial charge in [0.05, 0.1) is 53.4 Å². The average Bonchev–Trinajstić information content (AvgIpc) is 3.19. The fourth-order valence-electron chi connectivity index (χ4n) is 9.81. The summed E-state index contributed by atoms with van der Waals surface area (Å²) in [5.41, 5.74) is -3.61. The van der Waals surface area contributed by atoms with Gasteiger partial charge in [0, 0.05) is 51.0 Å². The zero-order valence-electron chi connectivity index (χ0n) is 38.3. The van der Waals surface area contributed by atoms with Crippen LogP contribution in [0, 0.1) is 23.7 Å². The number of nitrogens with zero attached hydrogens (tertiary/aromatic N) is 2. The first-order valence-corrected chi connectivity index (χ1v) is 21.8. The Morgan fingerprint density at radius 2 is 1.58 bits per heavy atom. The molecular formula is C43H79N3O13. The number of rotatable bonds is 10. The van der Waals surface area contributed by atoms with Crippen molar-refractivity contribution in [2.75, 3.05) is 41.4 Å². The standard InChI is InChI=1S/C43H79N3O13/c1-15-31-43(10,51)36(48)25(4)33(45-59-29-17-16-18-44-22-29)23(2)20-42(9,53-14)38(58-40-34(47)30(46(11)12)19-24(3)54-40)26(5)35(27(6)39(50)56-31)57-32-21-41(8,52-13)37(49)28(7)55-32/h23-32,34-38,40,44,47-49,51H,15-22H2,1-14H3/b45-33+/t23-,24-,25+,26+,27-,28+,29?,30+,31-,32?,34-,35+,36-,37+,38-,40+,41-,42-,43-/m1/s1. The molecule has 16 heteroatoms. The van der Waals surface area contributed by atoms with Crippen LogP contribution in [0.3, 0.4) is 0 Å². The second-order valence-electron chi connectivity index (χ2n) is 18.8. The molecule has 0 radical (unpaired) electrons. The van der Waals surface area contributed by atoms with Crippen LogP contribution < -0.4 is 5.32 Å². The normalized spacial score (nSPS) is 48.1. The van der Waals surface area contributed by atoms with Gasteiger partial charge < -0.3 is 68.6 Å². The van der Waals surface area contributed by atoms with Crippen LogP contribution in [-0.4, -0.2) is 169 Å². The molecule has 4 fully saturated rings. The highest BCUT2D eigenvalue weighted by Gasteiger charge is 2.54. The van der Waals surface area contributed by atoms with Crippen molar-refractivity contribution in [2.24, 2.45) is 28.8 Å². The molecule has 4 saturated heterocycles. The van der Waals surface area contributed by atoms with Gasteiger partial charge in [0.1, 0.15) is 30.0 Å². The van der Waals surface area contributed by atoms with Gasteiger partial charge in [-0.3, -0.25) is 4.79 Å². The van der Waals surface area contributed by atoms with Gasteiger partial charge in [-0.15, -0.1) is 0 Å². The minimum atomic E-state index is -1.90. The van der Waals surface area contributed by atoms with E-state index >= 15 is 0 Å². The molecule has 59 heavy (non-hydrogen) atoms. The minimum absolute atomic E-state index is 0.142. The zero-order valence-corrected chi connectivity index (χ0v) is 38.3. The number of ether oxygens (including phenoxy) is 7. The summed E-state index contributed by atoms with van der Waals surface area (Å²) < 4.78 is 44.9. The number of aliphatic hydroxyl groups excluding tert-OH is 3. The molecule has 19 atom stereocenters. The van der Waals surface area contributed by atoms with E-state index in [9.17, 15) is 25.2 Å². The minimum Gasteiger partial charge on any atom is -0.459 e. The number of oxime groups is 1. The lowest BCUT2D eigenvalue weighted by atomic mass is 9.73. The Morgan fingerprint density at radius 1 is 0.915 bits per heavy atom. The monoisotopic (exact) mass is 846 g/mol. The van der Waals surface area contributed by atoms with Crippen molar-refractivity contribution in [1.29, 1.82) is 0 Å². The van der Waals surface area contributed by atoms with E-state index in [4.69, 9.17) is 43.2 Å². The Morgan fingerprint density at radius 3 is 2.15 bits per heavy atom. The molecule has 4 heterocycles. The van der Waals surface area contributed by atoms with Gasteiger partial charge in [-0.05, 0) is 94.3 Å². The van der Waals surface area contributed by atoms with Crippen molar-refractivity contribution in [2.45, 2.75) is 198 Å². The molecule has 4 rings (SSSR count). The molecule has 2 unspecified atom stereocenters.